The number of rotatable bonds is 8. The lowest BCUT2D eigenvalue weighted by Crippen LogP contribution is -2.22. The van der Waals surface area contributed by atoms with Crippen molar-refractivity contribution in [3.63, 3.8) is 0 Å². The maximum atomic E-state index is 12.4. The summed E-state index contributed by atoms with van der Waals surface area (Å²) in [5.41, 5.74) is 2.23. The van der Waals surface area contributed by atoms with E-state index in [2.05, 4.69) is 28.9 Å². The Bertz CT molecular complexity index is 755. The fraction of sp³-hybridized carbons (Fsp3) is 0.474. The van der Waals surface area contributed by atoms with Gasteiger partial charge in [-0.3, -0.25) is 4.79 Å². The minimum atomic E-state index is -4.33. The Hall–Kier alpha value is -1.93. The molecule has 0 radical (unpaired) electrons. The van der Waals surface area contributed by atoms with Crippen LogP contribution in [0.3, 0.4) is 0 Å². The third-order valence-electron chi connectivity index (χ3n) is 3.64. The van der Waals surface area contributed by atoms with Gasteiger partial charge < -0.3 is 10.1 Å². The summed E-state index contributed by atoms with van der Waals surface area (Å²) in [6, 6.07) is 6.90. The number of ether oxygens (including phenoxy) is 1. The van der Waals surface area contributed by atoms with Crippen molar-refractivity contribution >= 4 is 17.2 Å². The van der Waals surface area contributed by atoms with Crippen LogP contribution in [0, 0.1) is 12.8 Å². The first-order chi connectivity index (χ1) is 12.6. The lowest BCUT2D eigenvalue weighted by atomic mass is 10.1. The molecule has 1 heterocycles. The highest BCUT2D eigenvalue weighted by Crippen LogP contribution is 2.21. The van der Waals surface area contributed by atoms with Crippen molar-refractivity contribution < 1.29 is 22.7 Å². The number of amides is 1. The van der Waals surface area contributed by atoms with E-state index in [1.165, 1.54) is 11.3 Å². The van der Waals surface area contributed by atoms with E-state index >= 15 is 0 Å². The van der Waals surface area contributed by atoms with Gasteiger partial charge in [0.05, 0.1) is 17.3 Å². The van der Waals surface area contributed by atoms with Gasteiger partial charge in [0.15, 0.2) is 0 Å². The average molecular weight is 400 g/mol. The number of halogens is 3. The van der Waals surface area contributed by atoms with Gasteiger partial charge in [-0.1, -0.05) is 38.1 Å². The van der Waals surface area contributed by atoms with Crippen LogP contribution in [0.2, 0.25) is 0 Å². The topological polar surface area (TPSA) is 51.2 Å². The van der Waals surface area contributed by atoms with Crippen molar-refractivity contribution in [1.29, 1.82) is 0 Å². The van der Waals surface area contributed by atoms with Crippen LogP contribution in [0.15, 0.2) is 24.3 Å². The van der Waals surface area contributed by atoms with E-state index in [4.69, 9.17) is 0 Å². The molecule has 8 heteroatoms. The number of hydrogen-bond acceptors (Lipinski definition) is 4. The Balaban J connectivity index is 1.85. The van der Waals surface area contributed by atoms with Gasteiger partial charge in [-0.25, -0.2) is 4.98 Å². The highest BCUT2D eigenvalue weighted by atomic mass is 32.1. The van der Waals surface area contributed by atoms with Gasteiger partial charge in [0.2, 0.25) is 0 Å². The summed E-state index contributed by atoms with van der Waals surface area (Å²) in [6.07, 6.45) is -3.48. The summed E-state index contributed by atoms with van der Waals surface area (Å²) in [5, 5.41) is 3.81. The SMILES string of the molecule is Cc1nc(CC(C)C)sc1C(=O)NCc1ccc(COCC(F)(F)F)cc1. The molecule has 0 aliphatic heterocycles. The molecule has 0 atom stereocenters. The molecular weight excluding hydrogens is 377 g/mol. The van der Waals surface area contributed by atoms with E-state index in [9.17, 15) is 18.0 Å². The number of benzene rings is 1. The summed E-state index contributed by atoms with van der Waals surface area (Å²) in [7, 11) is 0. The summed E-state index contributed by atoms with van der Waals surface area (Å²) >= 11 is 1.41. The fourth-order valence-corrected chi connectivity index (χ4v) is 3.59. The minimum absolute atomic E-state index is 0.106. The molecule has 2 aromatic rings. The maximum absolute atomic E-state index is 12.4. The number of thiazole rings is 1. The van der Waals surface area contributed by atoms with Gasteiger partial charge in [0.25, 0.3) is 5.91 Å². The maximum Gasteiger partial charge on any atom is 0.411 e. The number of hydrogen-bond donors (Lipinski definition) is 1. The first-order valence-electron chi connectivity index (χ1n) is 8.61. The smallest absolute Gasteiger partial charge is 0.367 e. The molecule has 0 unspecified atom stereocenters. The van der Waals surface area contributed by atoms with Crippen LogP contribution in [0.5, 0.6) is 0 Å². The molecule has 4 nitrogen and oxygen atoms in total. The van der Waals surface area contributed by atoms with Crippen LogP contribution in [0.1, 0.15) is 45.3 Å². The molecule has 1 aromatic carbocycles. The van der Waals surface area contributed by atoms with Crippen LogP contribution in [-0.2, 0) is 24.3 Å². The van der Waals surface area contributed by atoms with Crippen molar-refractivity contribution in [2.75, 3.05) is 6.61 Å². The summed E-state index contributed by atoms with van der Waals surface area (Å²) in [5.74, 6) is 0.308. The van der Waals surface area contributed by atoms with Gasteiger partial charge >= 0.3 is 6.18 Å². The summed E-state index contributed by atoms with van der Waals surface area (Å²) < 4.78 is 40.8. The van der Waals surface area contributed by atoms with Gasteiger partial charge in [0, 0.05) is 13.0 Å². The number of alkyl halides is 3. The molecule has 0 fully saturated rings. The third kappa shape index (κ3) is 7.30. The molecule has 0 spiro atoms. The number of nitrogens with zero attached hydrogens (tertiary/aromatic N) is 1. The molecule has 0 saturated heterocycles. The Morgan fingerprint density at radius 2 is 1.85 bits per heavy atom. The van der Waals surface area contributed by atoms with E-state index < -0.39 is 12.8 Å². The number of aryl methyl sites for hydroxylation is 1. The lowest BCUT2D eigenvalue weighted by Gasteiger charge is -2.08. The van der Waals surface area contributed by atoms with Crippen LogP contribution in [0.4, 0.5) is 13.2 Å². The summed E-state index contributed by atoms with van der Waals surface area (Å²) in [4.78, 5) is 17.4. The molecule has 1 aromatic heterocycles. The molecule has 0 aliphatic rings. The van der Waals surface area contributed by atoms with Crippen molar-refractivity contribution in [3.8, 4) is 0 Å². The average Bonchev–Trinajstić information content (AvgIpc) is 2.92. The number of carbonyl (C=O) groups is 1. The molecule has 2 rings (SSSR count). The summed E-state index contributed by atoms with van der Waals surface area (Å²) in [6.45, 7) is 5.00. The second-order valence-electron chi connectivity index (χ2n) is 6.73. The zero-order valence-electron chi connectivity index (χ0n) is 15.5. The Morgan fingerprint density at radius 3 is 2.44 bits per heavy atom. The van der Waals surface area contributed by atoms with Gasteiger partial charge in [-0.15, -0.1) is 11.3 Å². The fourth-order valence-electron chi connectivity index (χ4n) is 2.40. The molecule has 148 valence electrons. The monoisotopic (exact) mass is 400 g/mol. The predicted molar refractivity (Wildman–Crippen MR) is 98.7 cm³/mol. The highest BCUT2D eigenvalue weighted by molar-refractivity contribution is 7.13. The molecule has 0 bridgehead atoms. The van der Waals surface area contributed by atoms with E-state index in [1.807, 2.05) is 6.92 Å². The minimum Gasteiger partial charge on any atom is -0.367 e. The number of nitrogens with one attached hydrogen (secondary N) is 1. The molecule has 0 aliphatic carbocycles. The Kier molecular flexibility index (Phi) is 7.38. The van der Waals surface area contributed by atoms with E-state index in [1.54, 1.807) is 24.3 Å². The molecule has 1 amide bonds. The molecular formula is C19H23F3N2O2S. The van der Waals surface area contributed by atoms with Crippen molar-refractivity contribution in [2.24, 2.45) is 5.92 Å². The third-order valence-corrected chi connectivity index (χ3v) is 4.82. The van der Waals surface area contributed by atoms with E-state index in [0.29, 0.717) is 22.9 Å². The lowest BCUT2D eigenvalue weighted by molar-refractivity contribution is -0.176. The van der Waals surface area contributed by atoms with Crippen molar-refractivity contribution in [3.05, 3.63) is 51.0 Å². The van der Waals surface area contributed by atoms with Crippen molar-refractivity contribution in [1.82, 2.24) is 10.3 Å². The van der Waals surface area contributed by atoms with Crippen molar-refractivity contribution in [2.45, 2.75) is 46.5 Å². The quantitative estimate of drug-likeness (QED) is 0.701. The molecule has 1 N–H and O–H groups in total. The Labute approximate surface area is 160 Å². The molecule has 0 saturated carbocycles. The molecule has 27 heavy (non-hydrogen) atoms. The first-order valence-corrected chi connectivity index (χ1v) is 9.42. The van der Waals surface area contributed by atoms with Crippen LogP contribution in [-0.4, -0.2) is 23.7 Å². The largest absolute Gasteiger partial charge is 0.411 e. The van der Waals surface area contributed by atoms with E-state index in [-0.39, 0.29) is 12.5 Å². The first kappa shape index (κ1) is 21.4. The zero-order chi connectivity index (χ0) is 20.0. The number of carbonyl (C=O) groups excluding carboxylic acids is 1. The van der Waals surface area contributed by atoms with Crippen LogP contribution < -0.4 is 5.32 Å². The standard InChI is InChI=1S/C19H23F3N2O2S/c1-12(2)8-16-24-13(3)17(27-16)18(25)23-9-14-4-6-15(7-5-14)10-26-11-19(20,21)22/h4-7,12H,8-11H2,1-3H3,(H,23,25). The Morgan fingerprint density at radius 1 is 1.22 bits per heavy atom. The van der Waals surface area contributed by atoms with Gasteiger partial charge in [-0.2, -0.15) is 13.2 Å². The second-order valence-corrected chi connectivity index (χ2v) is 7.81. The van der Waals surface area contributed by atoms with Gasteiger partial charge in [-0.05, 0) is 24.0 Å². The van der Waals surface area contributed by atoms with Crippen LogP contribution in [0.25, 0.3) is 0 Å². The normalized spacial score (nSPS) is 11.8. The highest BCUT2D eigenvalue weighted by Gasteiger charge is 2.27. The van der Waals surface area contributed by atoms with Gasteiger partial charge in [0.1, 0.15) is 11.5 Å². The van der Waals surface area contributed by atoms with E-state index in [0.717, 1.165) is 22.7 Å². The predicted octanol–water partition coefficient (Wildman–Crippen LogP) is 4.66. The number of aromatic nitrogens is 1. The zero-order valence-corrected chi connectivity index (χ0v) is 16.3. The second kappa shape index (κ2) is 9.32. The van der Waals surface area contributed by atoms with Crippen LogP contribution >= 0.6 is 11.3 Å².